The minimum atomic E-state index is 0.118. The van der Waals surface area contributed by atoms with Gasteiger partial charge in [-0.15, -0.1) is 10.2 Å². The van der Waals surface area contributed by atoms with Gasteiger partial charge in [-0.25, -0.2) is 0 Å². The number of nitrogens with zero attached hydrogens (tertiary/aromatic N) is 3. The number of anilines is 1. The van der Waals surface area contributed by atoms with Crippen LogP contribution in [-0.4, -0.2) is 33.8 Å². The number of thioether (sulfide) groups is 1. The SMILES string of the molecule is CN(C(=O)CSc1nnc(NCc2ccco2)s1)[C@@H]1CCCc2ccccc21. The van der Waals surface area contributed by atoms with E-state index in [-0.39, 0.29) is 11.9 Å². The molecule has 3 aromatic rings. The zero-order chi connectivity index (χ0) is 19.3. The number of rotatable bonds is 7. The monoisotopic (exact) mass is 414 g/mol. The Morgan fingerprint density at radius 1 is 1.32 bits per heavy atom. The third-order valence-corrected chi connectivity index (χ3v) is 6.92. The van der Waals surface area contributed by atoms with Crippen molar-refractivity contribution in [3.05, 3.63) is 59.5 Å². The van der Waals surface area contributed by atoms with Crippen LogP contribution in [-0.2, 0) is 17.8 Å². The van der Waals surface area contributed by atoms with E-state index in [1.165, 1.54) is 34.2 Å². The minimum Gasteiger partial charge on any atom is -0.467 e. The van der Waals surface area contributed by atoms with Crippen LogP contribution < -0.4 is 5.32 Å². The van der Waals surface area contributed by atoms with Gasteiger partial charge in [-0.1, -0.05) is 47.4 Å². The molecule has 0 saturated heterocycles. The Morgan fingerprint density at radius 2 is 2.21 bits per heavy atom. The molecule has 4 rings (SSSR count). The molecule has 0 aliphatic heterocycles. The molecule has 0 fully saturated rings. The summed E-state index contributed by atoms with van der Waals surface area (Å²) in [4.78, 5) is 14.6. The van der Waals surface area contributed by atoms with E-state index in [1.54, 1.807) is 6.26 Å². The molecular formula is C20H22N4O2S2. The third kappa shape index (κ3) is 4.39. The zero-order valence-corrected chi connectivity index (χ0v) is 17.3. The Morgan fingerprint density at radius 3 is 3.07 bits per heavy atom. The highest BCUT2D eigenvalue weighted by atomic mass is 32.2. The van der Waals surface area contributed by atoms with Crippen LogP contribution in [0.3, 0.4) is 0 Å². The van der Waals surface area contributed by atoms with E-state index >= 15 is 0 Å². The largest absolute Gasteiger partial charge is 0.467 e. The van der Waals surface area contributed by atoms with Crippen LogP contribution >= 0.6 is 23.1 Å². The van der Waals surface area contributed by atoms with Gasteiger partial charge >= 0.3 is 0 Å². The van der Waals surface area contributed by atoms with Crippen LogP contribution in [0.2, 0.25) is 0 Å². The van der Waals surface area contributed by atoms with Crippen LogP contribution in [0, 0.1) is 0 Å². The molecule has 28 heavy (non-hydrogen) atoms. The van der Waals surface area contributed by atoms with Crippen LogP contribution in [0.5, 0.6) is 0 Å². The average Bonchev–Trinajstić information content (AvgIpc) is 3.41. The quantitative estimate of drug-likeness (QED) is 0.579. The number of amides is 1. The fourth-order valence-electron chi connectivity index (χ4n) is 3.45. The van der Waals surface area contributed by atoms with Crippen molar-refractivity contribution in [2.45, 2.75) is 36.2 Å². The summed E-state index contributed by atoms with van der Waals surface area (Å²) >= 11 is 2.89. The summed E-state index contributed by atoms with van der Waals surface area (Å²) in [5, 5.41) is 12.2. The van der Waals surface area contributed by atoms with Gasteiger partial charge in [0.2, 0.25) is 11.0 Å². The van der Waals surface area contributed by atoms with Gasteiger partial charge < -0.3 is 14.6 Å². The fourth-order valence-corrected chi connectivity index (χ4v) is 5.12. The van der Waals surface area contributed by atoms with Gasteiger partial charge in [0.05, 0.1) is 24.6 Å². The molecule has 0 bridgehead atoms. The normalized spacial score (nSPS) is 15.8. The predicted molar refractivity (Wildman–Crippen MR) is 112 cm³/mol. The molecule has 146 valence electrons. The lowest BCUT2D eigenvalue weighted by Crippen LogP contribution is -2.34. The topological polar surface area (TPSA) is 71.3 Å². The average molecular weight is 415 g/mol. The van der Waals surface area contributed by atoms with Crippen molar-refractivity contribution < 1.29 is 9.21 Å². The second kappa shape index (κ2) is 8.79. The summed E-state index contributed by atoms with van der Waals surface area (Å²) in [6, 6.07) is 12.4. The van der Waals surface area contributed by atoms with Crippen molar-refractivity contribution in [1.29, 1.82) is 0 Å². The summed E-state index contributed by atoms with van der Waals surface area (Å²) in [7, 11) is 1.91. The molecule has 0 radical (unpaired) electrons. The highest BCUT2D eigenvalue weighted by Gasteiger charge is 2.26. The van der Waals surface area contributed by atoms with Crippen LogP contribution in [0.1, 0.15) is 35.8 Å². The number of hydrogen-bond donors (Lipinski definition) is 1. The van der Waals surface area contributed by atoms with Gasteiger partial charge in [0, 0.05) is 7.05 Å². The molecule has 8 heteroatoms. The molecule has 1 N–H and O–H groups in total. The second-order valence-electron chi connectivity index (χ2n) is 6.71. The third-order valence-electron chi connectivity index (χ3n) is 4.92. The molecule has 1 atom stereocenters. The molecule has 2 aromatic heterocycles. The number of carbonyl (C=O) groups excluding carboxylic acids is 1. The summed E-state index contributed by atoms with van der Waals surface area (Å²) in [6.45, 7) is 0.565. The number of nitrogens with one attached hydrogen (secondary N) is 1. The van der Waals surface area contributed by atoms with E-state index < -0.39 is 0 Å². The second-order valence-corrected chi connectivity index (χ2v) is 8.91. The van der Waals surface area contributed by atoms with Crippen molar-refractivity contribution in [1.82, 2.24) is 15.1 Å². The number of carbonyl (C=O) groups is 1. The number of furan rings is 1. The first kappa shape index (κ1) is 19.0. The molecule has 1 aromatic carbocycles. The Balaban J connectivity index is 1.31. The highest BCUT2D eigenvalue weighted by Crippen LogP contribution is 2.34. The number of aryl methyl sites for hydroxylation is 1. The summed E-state index contributed by atoms with van der Waals surface area (Å²) in [5.74, 6) is 1.32. The number of benzene rings is 1. The highest BCUT2D eigenvalue weighted by molar-refractivity contribution is 8.01. The van der Waals surface area contributed by atoms with E-state index in [2.05, 4.69) is 39.8 Å². The van der Waals surface area contributed by atoms with Gasteiger partial charge in [-0.2, -0.15) is 0 Å². The lowest BCUT2D eigenvalue weighted by atomic mass is 9.87. The number of fused-ring (bicyclic) bond motifs is 1. The number of hydrogen-bond acceptors (Lipinski definition) is 7. The predicted octanol–water partition coefficient (Wildman–Crippen LogP) is 4.37. The molecule has 1 amide bonds. The van der Waals surface area contributed by atoms with E-state index in [0.29, 0.717) is 12.3 Å². The fraction of sp³-hybridized carbons (Fsp3) is 0.350. The van der Waals surface area contributed by atoms with Gasteiger partial charge in [-0.05, 0) is 42.5 Å². The van der Waals surface area contributed by atoms with E-state index in [9.17, 15) is 4.79 Å². The molecule has 1 aliphatic carbocycles. The first-order chi connectivity index (χ1) is 13.7. The maximum Gasteiger partial charge on any atom is 0.233 e. The lowest BCUT2D eigenvalue weighted by Gasteiger charge is -2.33. The van der Waals surface area contributed by atoms with E-state index in [4.69, 9.17) is 4.42 Å². The summed E-state index contributed by atoms with van der Waals surface area (Å²) in [6.07, 6.45) is 4.88. The van der Waals surface area contributed by atoms with E-state index in [0.717, 1.165) is 34.5 Å². The standard InChI is InChI=1S/C20H22N4O2S2/c1-24(17-10-4-7-14-6-2-3-9-16(14)17)18(25)13-27-20-23-22-19(28-20)21-12-15-8-5-11-26-15/h2-3,5-6,8-9,11,17H,4,7,10,12-13H2,1H3,(H,21,22)/t17-/m1/s1. The zero-order valence-electron chi connectivity index (χ0n) is 15.6. The van der Waals surface area contributed by atoms with Crippen molar-refractivity contribution in [2.75, 3.05) is 18.1 Å². The first-order valence-corrected chi connectivity index (χ1v) is 11.1. The first-order valence-electron chi connectivity index (χ1n) is 9.27. The summed E-state index contributed by atoms with van der Waals surface area (Å²) in [5.41, 5.74) is 2.65. The summed E-state index contributed by atoms with van der Waals surface area (Å²) < 4.78 is 6.07. The Bertz CT molecular complexity index is 926. The molecular weight excluding hydrogens is 392 g/mol. The number of aromatic nitrogens is 2. The smallest absolute Gasteiger partial charge is 0.233 e. The molecule has 0 spiro atoms. The van der Waals surface area contributed by atoms with Crippen LogP contribution in [0.15, 0.2) is 51.4 Å². The van der Waals surface area contributed by atoms with Crippen molar-refractivity contribution in [2.24, 2.45) is 0 Å². The van der Waals surface area contributed by atoms with Crippen LogP contribution in [0.25, 0.3) is 0 Å². The molecule has 0 saturated carbocycles. The Labute approximate surface area is 172 Å². The molecule has 2 heterocycles. The van der Waals surface area contributed by atoms with Gasteiger partial charge in [0.25, 0.3) is 0 Å². The molecule has 0 unspecified atom stereocenters. The maximum atomic E-state index is 12.7. The van der Waals surface area contributed by atoms with Crippen molar-refractivity contribution in [3.8, 4) is 0 Å². The van der Waals surface area contributed by atoms with Crippen molar-refractivity contribution >= 4 is 34.1 Å². The maximum absolute atomic E-state index is 12.7. The minimum absolute atomic E-state index is 0.118. The molecule has 6 nitrogen and oxygen atoms in total. The Kier molecular flexibility index (Phi) is 5.97. The van der Waals surface area contributed by atoms with Crippen LogP contribution in [0.4, 0.5) is 5.13 Å². The van der Waals surface area contributed by atoms with Gasteiger partial charge in [0.15, 0.2) is 4.34 Å². The lowest BCUT2D eigenvalue weighted by molar-refractivity contribution is -0.129. The Hall–Kier alpha value is -2.32. The van der Waals surface area contributed by atoms with E-state index in [1.807, 2.05) is 24.1 Å². The van der Waals surface area contributed by atoms with Gasteiger partial charge in [-0.3, -0.25) is 4.79 Å². The molecule has 1 aliphatic rings. The van der Waals surface area contributed by atoms with Gasteiger partial charge in [0.1, 0.15) is 5.76 Å². The van der Waals surface area contributed by atoms with Crippen molar-refractivity contribution in [3.63, 3.8) is 0 Å².